The largest absolute Gasteiger partial charge is 0.544 e. The lowest BCUT2D eigenvalue weighted by Gasteiger charge is -2.24. The fourth-order valence-electron chi connectivity index (χ4n) is 9.08. The number of nitrogens with one attached hydrogen (secondary N) is 6. The Hall–Kier alpha value is -11.8. The Morgan fingerprint density at radius 2 is 1.13 bits per heavy atom. The van der Waals surface area contributed by atoms with Crippen molar-refractivity contribution in [2.75, 3.05) is 65.7 Å². The summed E-state index contributed by atoms with van der Waals surface area (Å²) in [4.78, 5) is 197. The van der Waals surface area contributed by atoms with Crippen LogP contribution in [0.3, 0.4) is 0 Å². The Morgan fingerprint density at radius 3 is 1.58 bits per heavy atom. The molecule has 0 saturated carbocycles. The van der Waals surface area contributed by atoms with Crippen LogP contribution in [0.2, 0.25) is 0 Å². The van der Waals surface area contributed by atoms with Crippen molar-refractivity contribution in [1.82, 2.24) is 31.9 Å². The number of hydrogen-bond donors (Lipinski definition) is 7. The number of carbonyl (C=O) groups is 17. The molecule has 6 amide bonds. The summed E-state index contributed by atoms with van der Waals surface area (Å²) in [6.07, 6.45) is -2.73. The number of ether oxygens (including phenoxy) is 10. The van der Waals surface area contributed by atoms with E-state index in [4.69, 9.17) is 49.4 Å². The van der Waals surface area contributed by atoms with E-state index in [0.29, 0.717) is 70.6 Å². The standard InChI is InChI=1S/C34H52N6O9.C15H17NO5.C9H15NO5.C7H11NO3.C4H10N4O.C4H6O3.C2H2F2O2/c1-6-11-28(29(42)21-27(22-30(43)49-34(3,4)5)31(44)36-16-18-47-19-17-38-40-35)39-32(45)26(20-24(2)41)14-10-15-37-33(46)48-23-25-12-8-7-9-13-25;17-13(20-10-11-6-2-1-3-7-11)9-5-4-8-12-14(18)21-15(19)16-12;1-9(2,3)15-7(12)4-5-10-8(13)14-6-11;1-4(2)3-5-6(9)11-7(10)8-5;5-1-3-9-4-2-7-8-6;1-3(5)7-4(2)6;3-1(4)2(5)6/h7-9,12-13,26-28H,6,10-11,14-23H2,1-5H3,(H,36,44)(H,37,46)(H,39,45);1-3,6-7,12H,4-5,8-10H2,(H,16,19);6H,4-5H2,1-3H3,(H,10,13);4-5H,3H2,1-2H3,(H,8,10);1-5H2;1-2H3;1H,(H,5,6)/t26-,27+,28-;12-;;5-;;;/m10.1.../s1. The zero-order valence-corrected chi connectivity index (χ0v) is 68.6. The number of alkyl carbamates (subject to hydrolysis) is 4. The van der Waals surface area contributed by atoms with Crippen LogP contribution in [0.25, 0.3) is 20.9 Å². The number of nitrogens with zero attached hydrogens (tertiary/aromatic N) is 6. The van der Waals surface area contributed by atoms with Crippen molar-refractivity contribution in [1.29, 1.82) is 0 Å². The molecule has 0 aliphatic carbocycles. The smallest absolute Gasteiger partial charge is 0.415 e. The number of quaternary nitrogens is 1. The number of carboxylic acid groups (broad SMARTS) is 1. The van der Waals surface area contributed by atoms with E-state index in [-0.39, 0.29) is 109 Å². The van der Waals surface area contributed by atoms with Gasteiger partial charge in [-0.25, -0.2) is 37.5 Å². The first-order valence-electron chi connectivity index (χ1n) is 37.3. The zero-order valence-electron chi connectivity index (χ0n) is 68.6. The lowest BCUT2D eigenvalue weighted by Crippen LogP contribution is -2.52. The molecule has 0 bridgehead atoms. The maximum atomic E-state index is 13.5. The lowest BCUT2D eigenvalue weighted by atomic mass is 9.91. The number of Topliss-reactive ketones (excluding diaryl/α,β-unsaturated/α-hetero) is 2. The SMILES string of the molecule is CC(=O)OC(C)=O.CC(C)(C)OC(=O)CCNC(=O)OC=O.CC(C)C[C@H]1NC(=O)OC1=O.CCC[C@@H](NC(=O)[C@H](CCCNC(=O)OCc1ccccc1)CC(C)=O)C(=O)C[C@@H](CC(=O)OC(C)(C)C)C(=O)NCCOCCN=[N+]=[N-].O=C(CCCC[C@@H]1NC(=O)OC1=O)OCc1ccccc1.O=C([O-])C(F)F.[N-]=[N+]=NCCOCC[NH3+]. The quantitative estimate of drug-likeness (QED) is 0.00570. The molecule has 41 nitrogen and oxygen atoms in total. The number of amides is 6. The van der Waals surface area contributed by atoms with Crippen molar-refractivity contribution in [3.63, 3.8) is 0 Å². The number of benzene rings is 2. The number of alkyl halides is 2. The first kappa shape index (κ1) is 110. The molecule has 2 aliphatic rings. The molecule has 0 spiro atoms. The molecule has 9 N–H and O–H groups in total. The van der Waals surface area contributed by atoms with E-state index in [0.717, 1.165) is 17.7 Å². The number of cyclic esters (lactones) is 4. The third-order valence-electron chi connectivity index (χ3n) is 13.9. The monoisotopic (exact) mass is 1680 g/mol. The molecule has 43 heteroatoms. The van der Waals surface area contributed by atoms with Gasteiger partial charge in [0.25, 0.3) is 6.43 Å². The van der Waals surface area contributed by atoms with Gasteiger partial charge < -0.3 is 99.7 Å². The third kappa shape index (κ3) is 66.5. The molecule has 2 aromatic rings. The minimum Gasteiger partial charge on any atom is -0.544 e. The topological polar surface area (TPSA) is 603 Å². The maximum Gasteiger partial charge on any atom is 0.415 e. The van der Waals surface area contributed by atoms with Crippen molar-refractivity contribution in [3.05, 3.63) is 92.7 Å². The molecule has 5 atom stereocenters. The van der Waals surface area contributed by atoms with Crippen molar-refractivity contribution < 1.29 is 148 Å². The summed E-state index contributed by atoms with van der Waals surface area (Å²) in [5.41, 5.74) is 20.2. The minimum atomic E-state index is -3.34. The van der Waals surface area contributed by atoms with E-state index in [2.05, 4.69) is 76.6 Å². The highest BCUT2D eigenvalue weighted by molar-refractivity contribution is 5.97. The van der Waals surface area contributed by atoms with Gasteiger partial charge in [0.15, 0.2) is 5.78 Å². The van der Waals surface area contributed by atoms with Gasteiger partial charge in [-0.3, -0.25) is 43.2 Å². The van der Waals surface area contributed by atoms with Gasteiger partial charge in [0.05, 0.1) is 57.8 Å². The van der Waals surface area contributed by atoms with Crippen LogP contribution < -0.4 is 42.7 Å². The number of ketones is 2. The van der Waals surface area contributed by atoms with Crippen LogP contribution >= 0.6 is 0 Å². The Bertz CT molecular complexity index is 3530. The van der Waals surface area contributed by atoms with Gasteiger partial charge in [-0.1, -0.05) is 105 Å². The second-order valence-electron chi connectivity index (χ2n) is 27.3. The fourth-order valence-corrected chi connectivity index (χ4v) is 9.08. The second kappa shape index (κ2) is 66.3. The van der Waals surface area contributed by atoms with E-state index in [1.807, 2.05) is 81.4 Å². The minimum absolute atomic E-state index is 0.0167. The first-order chi connectivity index (χ1) is 55.5. The Balaban J connectivity index is -0.00000155. The number of rotatable bonds is 43. The van der Waals surface area contributed by atoms with Gasteiger partial charge in [-0.2, -0.15) is 0 Å². The molecule has 2 saturated heterocycles. The normalized spacial score (nSPS) is 13.5. The summed E-state index contributed by atoms with van der Waals surface area (Å²) in [7, 11) is 0. The van der Waals surface area contributed by atoms with Gasteiger partial charge in [0.2, 0.25) is 11.8 Å². The number of esters is 7. The lowest BCUT2D eigenvalue weighted by molar-refractivity contribution is -0.374. The Labute approximate surface area is 681 Å². The van der Waals surface area contributed by atoms with E-state index in [1.54, 1.807) is 41.5 Å². The average molecular weight is 1680 g/mol. The predicted molar refractivity (Wildman–Crippen MR) is 409 cm³/mol. The van der Waals surface area contributed by atoms with Crippen LogP contribution in [0.4, 0.5) is 28.0 Å². The highest BCUT2D eigenvalue weighted by atomic mass is 19.3. The van der Waals surface area contributed by atoms with Crippen LogP contribution in [-0.4, -0.2) is 203 Å². The van der Waals surface area contributed by atoms with Crippen molar-refractivity contribution in [2.24, 2.45) is 28.0 Å². The summed E-state index contributed by atoms with van der Waals surface area (Å²) < 4.78 is 68.5. The second-order valence-corrected chi connectivity index (χ2v) is 27.3. The maximum absolute atomic E-state index is 13.5. The van der Waals surface area contributed by atoms with Crippen LogP contribution in [0.5, 0.6) is 0 Å². The highest BCUT2D eigenvalue weighted by Crippen LogP contribution is 2.20. The Morgan fingerprint density at radius 1 is 0.619 bits per heavy atom. The summed E-state index contributed by atoms with van der Waals surface area (Å²) in [5, 5.41) is 30.6. The van der Waals surface area contributed by atoms with Gasteiger partial charge in [-0.05, 0) is 115 Å². The summed E-state index contributed by atoms with van der Waals surface area (Å²) >= 11 is 0. The molecule has 0 radical (unpaired) electrons. The van der Waals surface area contributed by atoms with Crippen molar-refractivity contribution in [3.8, 4) is 0 Å². The van der Waals surface area contributed by atoms with E-state index in [1.165, 1.54) is 20.8 Å². The first-order valence-corrected chi connectivity index (χ1v) is 37.3. The number of azide groups is 2. The third-order valence-corrected chi connectivity index (χ3v) is 13.9. The van der Waals surface area contributed by atoms with Crippen LogP contribution in [0.15, 0.2) is 70.9 Å². The average Bonchev–Trinajstić information content (AvgIpc) is 1.08. The molecule has 660 valence electrons. The van der Waals surface area contributed by atoms with Gasteiger partial charge in [0, 0.05) is 81.6 Å². The number of halogens is 2. The highest BCUT2D eigenvalue weighted by Gasteiger charge is 2.35. The molecule has 2 aromatic carbocycles. The van der Waals surface area contributed by atoms with Crippen molar-refractivity contribution >= 4 is 102 Å². The molecule has 2 aliphatic heterocycles. The van der Waals surface area contributed by atoms with Crippen molar-refractivity contribution in [2.45, 2.75) is 216 Å². The van der Waals surface area contributed by atoms with Crippen LogP contribution in [-0.2, 0) is 123 Å². The number of carbonyl (C=O) groups excluding carboxylic acids is 17. The zero-order chi connectivity index (χ0) is 90.0. The molecule has 0 unspecified atom stereocenters. The molecular weight excluding hydrogens is 1570 g/mol. The van der Waals surface area contributed by atoms with Crippen LogP contribution in [0, 0.1) is 17.8 Å². The van der Waals surface area contributed by atoms with E-state index in [9.17, 15) is 85.5 Å². The summed E-state index contributed by atoms with van der Waals surface area (Å²) in [6, 6.07) is 16.7. The number of aliphatic carboxylic acids is 1. The number of unbranched alkanes of at least 4 members (excludes halogenated alkanes) is 1. The number of hydrogen-bond acceptors (Lipinski definition) is 30. The van der Waals surface area contributed by atoms with E-state index < -0.39 is 131 Å². The molecule has 2 fully saturated rings. The molecular formula is C75H113F2N13O28. The summed E-state index contributed by atoms with van der Waals surface area (Å²) in [5.74, 6) is -8.90. The molecule has 2 heterocycles. The Kier molecular flexibility index (Phi) is 62.0. The molecule has 4 rings (SSSR count). The van der Waals surface area contributed by atoms with Gasteiger partial charge in [-0.15, -0.1) is 0 Å². The predicted octanol–water partition coefficient (Wildman–Crippen LogP) is 6.17. The fraction of sp³-hybridized carbons (Fsp3) is 0.613. The molecule has 0 aromatic heterocycles. The number of carboxylic acids is 1. The van der Waals surface area contributed by atoms with Crippen LogP contribution in [0.1, 0.15) is 178 Å². The van der Waals surface area contributed by atoms with E-state index >= 15 is 0 Å². The van der Waals surface area contributed by atoms with Gasteiger partial charge in [0.1, 0.15) is 48.3 Å². The molecule has 118 heavy (non-hydrogen) atoms. The van der Waals surface area contributed by atoms with Gasteiger partial charge >= 0.3 is 72.6 Å². The summed E-state index contributed by atoms with van der Waals surface area (Å²) in [6.45, 7) is 23.4.